The summed E-state index contributed by atoms with van der Waals surface area (Å²) in [5.74, 6) is -1.24. The summed E-state index contributed by atoms with van der Waals surface area (Å²) in [4.78, 5) is 12.1. The molecule has 0 spiro atoms. The number of carbonyl (C=O) groups is 1. The number of halogens is 3. The van der Waals surface area contributed by atoms with Gasteiger partial charge in [0.2, 0.25) is 0 Å². The van der Waals surface area contributed by atoms with Gasteiger partial charge < -0.3 is 5.32 Å². The fourth-order valence-electron chi connectivity index (χ4n) is 1.71. The maximum absolute atomic E-state index is 13.7. The molecule has 0 heterocycles. The van der Waals surface area contributed by atoms with Crippen LogP contribution in [-0.2, 0) is 4.79 Å². The van der Waals surface area contributed by atoms with Gasteiger partial charge in [-0.3, -0.25) is 4.79 Å². The van der Waals surface area contributed by atoms with Gasteiger partial charge in [-0.1, -0.05) is 39.7 Å². The van der Waals surface area contributed by atoms with Gasteiger partial charge in [0.05, 0.1) is 5.02 Å². The standard InChI is InChI=1S/C16H9BrClFN2O/c17-11-3-1-4-12(8-11)21-16(22)10(9-20)7-13-14(18)5-2-6-15(13)19/h1-8H,(H,21,22)/b10-7-. The Morgan fingerprint density at radius 3 is 2.68 bits per heavy atom. The molecule has 0 atom stereocenters. The Bertz CT molecular complexity index is 779. The smallest absolute Gasteiger partial charge is 0.266 e. The van der Waals surface area contributed by atoms with Gasteiger partial charge in [0.1, 0.15) is 17.5 Å². The van der Waals surface area contributed by atoms with Gasteiger partial charge in [-0.05, 0) is 36.4 Å². The second-order valence-corrected chi connectivity index (χ2v) is 5.59. The van der Waals surface area contributed by atoms with E-state index in [-0.39, 0.29) is 16.2 Å². The van der Waals surface area contributed by atoms with Gasteiger partial charge in [0.25, 0.3) is 5.91 Å². The molecule has 1 N–H and O–H groups in total. The molecule has 0 aliphatic carbocycles. The number of carbonyl (C=O) groups excluding carboxylic acids is 1. The third kappa shape index (κ3) is 3.94. The molecule has 110 valence electrons. The predicted octanol–water partition coefficient (Wildman–Crippen LogP) is 4.79. The largest absolute Gasteiger partial charge is 0.321 e. The first-order valence-electron chi connectivity index (χ1n) is 6.14. The first kappa shape index (κ1) is 16.2. The van der Waals surface area contributed by atoms with Gasteiger partial charge in [-0.25, -0.2) is 4.39 Å². The van der Waals surface area contributed by atoms with Crippen LogP contribution in [0, 0.1) is 17.1 Å². The SMILES string of the molecule is N#C/C(=C/c1c(F)cccc1Cl)C(=O)Nc1cccc(Br)c1. The number of rotatable bonds is 3. The molecular formula is C16H9BrClFN2O. The maximum Gasteiger partial charge on any atom is 0.266 e. The molecule has 1 amide bonds. The van der Waals surface area contributed by atoms with Crippen LogP contribution in [0.3, 0.4) is 0 Å². The van der Waals surface area contributed by atoms with Crippen LogP contribution in [0.15, 0.2) is 52.5 Å². The molecule has 2 aromatic rings. The van der Waals surface area contributed by atoms with Gasteiger partial charge in [0.15, 0.2) is 0 Å². The highest BCUT2D eigenvalue weighted by molar-refractivity contribution is 9.10. The van der Waals surface area contributed by atoms with Crippen molar-refractivity contribution in [1.29, 1.82) is 5.26 Å². The zero-order valence-corrected chi connectivity index (χ0v) is 13.5. The second kappa shape index (κ2) is 7.21. The lowest BCUT2D eigenvalue weighted by molar-refractivity contribution is -0.112. The Hall–Kier alpha value is -2.16. The summed E-state index contributed by atoms with van der Waals surface area (Å²) in [6, 6.07) is 12.8. The van der Waals surface area contributed by atoms with Crippen molar-refractivity contribution in [2.45, 2.75) is 0 Å². The minimum absolute atomic E-state index is 0.00473. The number of nitrogens with zero attached hydrogens (tertiary/aromatic N) is 1. The third-order valence-corrected chi connectivity index (χ3v) is 3.56. The van der Waals surface area contributed by atoms with Crippen LogP contribution in [-0.4, -0.2) is 5.91 Å². The molecule has 2 rings (SSSR count). The molecule has 0 saturated carbocycles. The predicted molar refractivity (Wildman–Crippen MR) is 87.8 cm³/mol. The van der Waals surface area contributed by atoms with E-state index in [1.54, 1.807) is 30.3 Å². The van der Waals surface area contributed by atoms with Crippen molar-refractivity contribution >= 4 is 45.2 Å². The van der Waals surface area contributed by atoms with E-state index in [0.717, 1.165) is 10.5 Å². The Morgan fingerprint density at radius 2 is 2.05 bits per heavy atom. The number of hydrogen-bond donors (Lipinski definition) is 1. The third-order valence-electron chi connectivity index (χ3n) is 2.74. The van der Waals surface area contributed by atoms with Gasteiger partial charge in [-0.2, -0.15) is 5.26 Å². The monoisotopic (exact) mass is 378 g/mol. The van der Waals surface area contributed by atoms with Crippen molar-refractivity contribution in [1.82, 2.24) is 0 Å². The van der Waals surface area contributed by atoms with Gasteiger partial charge >= 0.3 is 0 Å². The molecule has 2 aromatic carbocycles. The highest BCUT2D eigenvalue weighted by atomic mass is 79.9. The minimum atomic E-state index is -0.639. The highest BCUT2D eigenvalue weighted by Gasteiger charge is 2.12. The molecule has 0 unspecified atom stereocenters. The maximum atomic E-state index is 13.7. The summed E-state index contributed by atoms with van der Waals surface area (Å²) in [5.41, 5.74) is 0.275. The van der Waals surface area contributed by atoms with Crippen LogP contribution in [0.25, 0.3) is 6.08 Å². The molecule has 0 saturated heterocycles. The molecule has 0 aliphatic rings. The molecule has 6 heteroatoms. The highest BCUT2D eigenvalue weighted by Crippen LogP contribution is 2.22. The molecule has 0 bridgehead atoms. The van der Waals surface area contributed by atoms with E-state index in [1.165, 1.54) is 18.2 Å². The second-order valence-electron chi connectivity index (χ2n) is 4.27. The van der Waals surface area contributed by atoms with Crippen LogP contribution in [0.4, 0.5) is 10.1 Å². The summed E-state index contributed by atoms with van der Waals surface area (Å²) in [6.45, 7) is 0. The quantitative estimate of drug-likeness (QED) is 0.616. The van der Waals surface area contributed by atoms with Crippen molar-refractivity contribution < 1.29 is 9.18 Å². The van der Waals surface area contributed by atoms with Crippen molar-refractivity contribution in [2.24, 2.45) is 0 Å². The van der Waals surface area contributed by atoms with E-state index in [2.05, 4.69) is 21.2 Å². The normalized spacial score (nSPS) is 10.9. The van der Waals surface area contributed by atoms with Crippen LogP contribution in [0.1, 0.15) is 5.56 Å². The lowest BCUT2D eigenvalue weighted by Crippen LogP contribution is -2.13. The van der Waals surface area contributed by atoms with E-state index in [1.807, 2.05) is 0 Å². The molecule has 22 heavy (non-hydrogen) atoms. The first-order chi connectivity index (χ1) is 10.5. The van der Waals surface area contributed by atoms with Crippen LogP contribution >= 0.6 is 27.5 Å². The van der Waals surface area contributed by atoms with Crippen molar-refractivity contribution in [3.63, 3.8) is 0 Å². The Labute approximate surface area is 140 Å². The Balaban J connectivity index is 2.30. The van der Waals surface area contributed by atoms with Crippen LogP contribution in [0.5, 0.6) is 0 Å². The van der Waals surface area contributed by atoms with E-state index in [9.17, 15) is 9.18 Å². The number of nitriles is 1. The minimum Gasteiger partial charge on any atom is -0.321 e. The molecule has 0 aromatic heterocycles. The summed E-state index contributed by atoms with van der Waals surface area (Å²) in [6.07, 6.45) is 1.13. The first-order valence-corrected chi connectivity index (χ1v) is 7.31. The fraction of sp³-hybridized carbons (Fsp3) is 0. The lowest BCUT2D eigenvalue weighted by Gasteiger charge is -2.05. The zero-order chi connectivity index (χ0) is 16.1. The summed E-state index contributed by atoms with van der Waals surface area (Å²) < 4.78 is 14.5. The molecule has 0 aliphatic heterocycles. The number of nitrogens with one attached hydrogen (secondary N) is 1. The summed E-state index contributed by atoms with van der Waals surface area (Å²) in [7, 11) is 0. The fourth-order valence-corrected chi connectivity index (χ4v) is 2.32. The van der Waals surface area contributed by atoms with Gasteiger partial charge in [-0.15, -0.1) is 0 Å². The number of anilines is 1. The lowest BCUT2D eigenvalue weighted by atomic mass is 10.1. The topological polar surface area (TPSA) is 52.9 Å². The van der Waals surface area contributed by atoms with Crippen molar-refractivity contribution in [3.05, 3.63) is 68.9 Å². The zero-order valence-electron chi connectivity index (χ0n) is 11.1. The molecule has 3 nitrogen and oxygen atoms in total. The summed E-state index contributed by atoms with van der Waals surface area (Å²) in [5, 5.41) is 11.8. The Morgan fingerprint density at radius 1 is 1.32 bits per heavy atom. The molecule has 0 fully saturated rings. The summed E-state index contributed by atoms with van der Waals surface area (Å²) >= 11 is 9.17. The molecular weight excluding hydrogens is 371 g/mol. The van der Waals surface area contributed by atoms with Crippen LogP contribution < -0.4 is 5.32 Å². The van der Waals surface area contributed by atoms with Crippen LogP contribution in [0.2, 0.25) is 5.02 Å². The van der Waals surface area contributed by atoms with E-state index in [4.69, 9.17) is 16.9 Å². The molecule has 0 radical (unpaired) electrons. The van der Waals surface area contributed by atoms with Crippen molar-refractivity contribution in [3.8, 4) is 6.07 Å². The van der Waals surface area contributed by atoms with Gasteiger partial charge in [0, 0.05) is 15.7 Å². The van der Waals surface area contributed by atoms with Crippen molar-refractivity contribution in [2.75, 3.05) is 5.32 Å². The van der Waals surface area contributed by atoms with E-state index >= 15 is 0 Å². The Kier molecular flexibility index (Phi) is 5.31. The average molecular weight is 380 g/mol. The number of benzene rings is 2. The van der Waals surface area contributed by atoms with E-state index in [0.29, 0.717) is 5.69 Å². The number of hydrogen-bond acceptors (Lipinski definition) is 2. The average Bonchev–Trinajstić information content (AvgIpc) is 2.47. The van der Waals surface area contributed by atoms with E-state index < -0.39 is 11.7 Å². The number of amides is 1.